The molecule has 0 unspecified atom stereocenters. The molecule has 5 nitrogen and oxygen atoms in total. The van der Waals surface area contributed by atoms with Gasteiger partial charge in [-0.1, -0.05) is 133 Å². The lowest BCUT2D eigenvalue weighted by molar-refractivity contribution is -0.599. The maximum atomic E-state index is 6.68. The average Bonchev–Trinajstić information content (AvgIpc) is 3.88. The molecule has 9 rings (SSSR count). The first-order valence-corrected chi connectivity index (χ1v) is 20.4. The molecule has 0 aliphatic rings. The van der Waals surface area contributed by atoms with Crippen molar-refractivity contribution >= 4 is 21.8 Å². The molecule has 0 atom stereocenters. The minimum atomic E-state index is -0.225. The first-order valence-electron chi connectivity index (χ1n) is 20.4. The molecule has 0 saturated heterocycles. The van der Waals surface area contributed by atoms with Crippen LogP contribution in [0, 0.1) is 6.33 Å². The Bertz CT molecular complexity index is 2950. The van der Waals surface area contributed by atoms with E-state index in [2.05, 4.69) is 205 Å². The molecular weight excluding hydrogens is 721 g/mol. The van der Waals surface area contributed by atoms with Gasteiger partial charge >= 0.3 is 0 Å². The molecule has 0 saturated carbocycles. The smallest absolute Gasteiger partial charge is 0.268 e. The molecule has 0 aliphatic heterocycles. The molecule has 0 amide bonds. The number of aromatic nitrogens is 4. The maximum absolute atomic E-state index is 6.68. The highest BCUT2D eigenvalue weighted by atomic mass is 16.5. The van der Waals surface area contributed by atoms with E-state index in [1.54, 1.807) is 0 Å². The van der Waals surface area contributed by atoms with Crippen molar-refractivity contribution in [3.05, 3.63) is 210 Å². The lowest BCUT2D eigenvalue weighted by Gasteiger charge is -2.27. The van der Waals surface area contributed by atoms with Crippen molar-refractivity contribution in [2.24, 2.45) is 0 Å². The number of rotatable bonds is 9. The molecule has 0 fully saturated rings. The minimum absolute atomic E-state index is 0.0598. The van der Waals surface area contributed by atoms with Crippen molar-refractivity contribution in [1.29, 1.82) is 0 Å². The van der Waals surface area contributed by atoms with E-state index >= 15 is 0 Å². The Morgan fingerprint density at radius 1 is 0.525 bits per heavy atom. The van der Waals surface area contributed by atoms with Crippen LogP contribution < -0.4 is 9.30 Å². The average molecular weight is 771 g/mol. The Balaban J connectivity index is 1.12. The fourth-order valence-corrected chi connectivity index (χ4v) is 8.23. The second-order valence-corrected chi connectivity index (χ2v) is 17.7. The Labute approximate surface area is 347 Å². The standard InChI is InChI=1S/C54H50N4O/c1-52(2,3)40-20-14-21-43(32-40)56-30-31-57(37-56)44-22-15-23-45(35-44)59-46-25-26-47-48-33-41(53(4,5)38-16-10-8-11-17-38)24-27-49(48)58(50(47)36-46)51-34-42(28-29-55-51)54(6,7)39-18-12-9-13-19-39/h8-36H,1-7H3. The van der Waals surface area contributed by atoms with E-state index in [4.69, 9.17) is 9.72 Å². The zero-order valence-electron chi connectivity index (χ0n) is 34.9. The van der Waals surface area contributed by atoms with Gasteiger partial charge in [0.2, 0.25) is 0 Å². The van der Waals surface area contributed by atoms with Gasteiger partial charge in [0.1, 0.15) is 17.3 Å². The monoisotopic (exact) mass is 770 g/mol. The van der Waals surface area contributed by atoms with Gasteiger partial charge in [0.15, 0.2) is 0 Å². The highest BCUT2D eigenvalue weighted by Crippen LogP contribution is 2.40. The quantitative estimate of drug-likeness (QED) is 0.108. The van der Waals surface area contributed by atoms with E-state index in [1.165, 1.54) is 33.2 Å². The number of pyridine rings is 1. The number of benzene rings is 6. The number of fused-ring (bicyclic) bond motifs is 3. The van der Waals surface area contributed by atoms with Gasteiger partial charge in [-0.2, -0.15) is 0 Å². The molecule has 292 valence electrons. The molecule has 0 N–H and O–H groups in total. The third-order valence-corrected chi connectivity index (χ3v) is 12.0. The summed E-state index contributed by atoms with van der Waals surface area (Å²) in [5.41, 5.74) is 10.1. The fraction of sp³-hybridized carbons (Fsp3) is 0.185. The van der Waals surface area contributed by atoms with Crippen LogP contribution in [-0.2, 0) is 16.2 Å². The maximum Gasteiger partial charge on any atom is 0.268 e. The van der Waals surface area contributed by atoms with Gasteiger partial charge in [0.25, 0.3) is 6.33 Å². The van der Waals surface area contributed by atoms with E-state index in [9.17, 15) is 0 Å². The van der Waals surface area contributed by atoms with Gasteiger partial charge in [0.05, 0.1) is 22.4 Å². The highest BCUT2D eigenvalue weighted by molar-refractivity contribution is 6.09. The molecule has 59 heavy (non-hydrogen) atoms. The molecule has 6 aromatic carbocycles. The van der Waals surface area contributed by atoms with Crippen LogP contribution in [0.3, 0.4) is 0 Å². The molecular formula is C54H50N4O. The largest absolute Gasteiger partial charge is 0.458 e. The van der Waals surface area contributed by atoms with Gasteiger partial charge in [0, 0.05) is 46.3 Å². The van der Waals surface area contributed by atoms with E-state index in [-0.39, 0.29) is 16.2 Å². The van der Waals surface area contributed by atoms with Crippen LogP contribution in [0.25, 0.3) is 39.0 Å². The summed E-state index contributed by atoms with van der Waals surface area (Å²) in [7, 11) is 0. The molecule has 5 heteroatoms. The SMILES string of the molecule is CC(C)(C)c1cccc(-[n+]2[c-]n(-c3cccc(Oc4ccc5c6cc(C(C)(C)c7ccccc7)ccc6n(-c6cc(C(C)(C)c7ccccc7)ccn6)c5c4)c3)cc2)c1. The number of imidazole rings is 1. The van der Waals surface area contributed by atoms with Crippen molar-refractivity contribution in [2.45, 2.75) is 64.7 Å². The van der Waals surface area contributed by atoms with E-state index in [0.717, 1.165) is 45.1 Å². The molecule has 0 spiro atoms. The molecule has 3 heterocycles. The fourth-order valence-electron chi connectivity index (χ4n) is 8.23. The topological polar surface area (TPSA) is 35.9 Å². The second-order valence-electron chi connectivity index (χ2n) is 17.7. The molecule has 0 bridgehead atoms. The normalized spacial score (nSPS) is 12.3. The summed E-state index contributed by atoms with van der Waals surface area (Å²) in [4.78, 5) is 5.02. The van der Waals surface area contributed by atoms with Crippen LogP contribution in [0.2, 0.25) is 0 Å². The van der Waals surface area contributed by atoms with Gasteiger partial charge in [-0.05, 0) is 100.0 Å². The summed E-state index contributed by atoms with van der Waals surface area (Å²) in [6, 6.07) is 55.9. The number of ether oxygens (including phenoxy) is 1. The van der Waals surface area contributed by atoms with Crippen LogP contribution in [0.15, 0.2) is 176 Å². The number of nitrogens with zero attached hydrogens (tertiary/aromatic N) is 4. The van der Waals surface area contributed by atoms with Crippen molar-refractivity contribution < 1.29 is 9.30 Å². The Kier molecular flexibility index (Phi) is 9.35. The number of hydrogen-bond acceptors (Lipinski definition) is 2. The zero-order valence-corrected chi connectivity index (χ0v) is 34.9. The van der Waals surface area contributed by atoms with Crippen LogP contribution in [0.5, 0.6) is 11.5 Å². The summed E-state index contributed by atoms with van der Waals surface area (Å²) in [5.74, 6) is 2.35. The van der Waals surface area contributed by atoms with Gasteiger partial charge < -0.3 is 4.74 Å². The molecule has 9 aromatic rings. The van der Waals surface area contributed by atoms with Crippen molar-refractivity contribution in [2.75, 3.05) is 0 Å². The Morgan fingerprint density at radius 3 is 1.90 bits per heavy atom. The van der Waals surface area contributed by atoms with Crippen LogP contribution in [0.1, 0.15) is 76.3 Å². The summed E-state index contributed by atoms with van der Waals surface area (Å²) in [6.07, 6.45) is 9.51. The highest BCUT2D eigenvalue weighted by Gasteiger charge is 2.27. The molecule has 0 aliphatic carbocycles. The summed E-state index contributed by atoms with van der Waals surface area (Å²) in [5, 5.41) is 2.32. The third-order valence-electron chi connectivity index (χ3n) is 12.0. The predicted molar refractivity (Wildman–Crippen MR) is 241 cm³/mol. The van der Waals surface area contributed by atoms with Crippen LogP contribution in [0.4, 0.5) is 0 Å². The lowest BCUT2D eigenvalue weighted by Crippen LogP contribution is -2.29. The van der Waals surface area contributed by atoms with Gasteiger partial charge in [-0.3, -0.25) is 13.7 Å². The Hall–Kier alpha value is -6.72. The van der Waals surface area contributed by atoms with Crippen LogP contribution >= 0.6 is 0 Å². The summed E-state index contributed by atoms with van der Waals surface area (Å²) >= 11 is 0. The minimum Gasteiger partial charge on any atom is -0.458 e. The molecule has 0 radical (unpaired) electrons. The van der Waals surface area contributed by atoms with Crippen LogP contribution in [-0.4, -0.2) is 14.1 Å². The second kappa shape index (κ2) is 14.6. The summed E-state index contributed by atoms with van der Waals surface area (Å²) in [6.45, 7) is 15.9. The predicted octanol–water partition coefficient (Wildman–Crippen LogP) is 12.8. The van der Waals surface area contributed by atoms with E-state index < -0.39 is 0 Å². The first kappa shape index (κ1) is 37.8. The van der Waals surface area contributed by atoms with Crippen molar-refractivity contribution in [3.8, 4) is 28.7 Å². The molecule has 3 aromatic heterocycles. The van der Waals surface area contributed by atoms with E-state index in [1.807, 2.05) is 39.9 Å². The third kappa shape index (κ3) is 7.12. The Morgan fingerprint density at radius 2 is 1.19 bits per heavy atom. The van der Waals surface area contributed by atoms with Gasteiger partial charge in [-0.15, -0.1) is 0 Å². The summed E-state index contributed by atoms with van der Waals surface area (Å²) < 4.78 is 13.0. The van der Waals surface area contributed by atoms with Crippen molar-refractivity contribution in [1.82, 2.24) is 14.1 Å². The van der Waals surface area contributed by atoms with Crippen molar-refractivity contribution in [3.63, 3.8) is 0 Å². The first-order chi connectivity index (χ1) is 28.4. The lowest BCUT2D eigenvalue weighted by atomic mass is 9.78. The van der Waals surface area contributed by atoms with E-state index in [0.29, 0.717) is 0 Å². The zero-order chi connectivity index (χ0) is 40.9. The van der Waals surface area contributed by atoms with Gasteiger partial charge in [-0.25, -0.2) is 4.98 Å². The number of hydrogen-bond donors (Lipinski definition) is 0.